The van der Waals surface area contributed by atoms with Gasteiger partial charge in [-0.15, -0.1) is 0 Å². The number of alkyl halides is 1. The quantitative estimate of drug-likeness (QED) is 0.576. The molecule has 1 fully saturated rings. The molecular formula is C12H27F. The Morgan fingerprint density at radius 3 is 1.92 bits per heavy atom. The Balaban J connectivity index is 0. The van der Waals surface area contributed by atoms with Crippen molar-refractivity contribution in [2.24, 2.45) is 5.92 Å². The molecule has 82 valence electrons. The van der Waals surface area contributed by atoms with Gasteiger partial charge in [-0.1, -0.05) is 47.5 Å². The molecule has 0 heterocycles. The van der Waals surface area contributed by atoms with Gasteiger partial charge in [-0.05, 0) is 25.2 Å². The standard InChI is InChI=1S/C8H15F.2C2H6/c1-2-3-7-4-5-8(9)6-7;2*1-2/h7-8H,2-6H2,1H3;2*1-2H3. The summed E-state index contributed by atoms with van der Waals surface area (Å²) in [6.45, 7) is 10.2. The zero-order chi connectivity index (χ0) is 10.7. The molecule has 13 heavy (non-hydrogen) atoms. The van der Waals surface area contributed by atoms with Crippen LogP contribution in [0.1, 0.15) is 66.7 Å². The lowest BCUT2D eigenvalue weighted by Crippen LogP contribution is -1.94. The van der Waals surface area contributed by atoms with E-state index in [1.165, 1.54) is 12.8 Å². The van der Waals surface area contributed by atoms with E-state index in [1.54, 1.807) is 0 Å². The molecule has 0 aromatic rings. The first-order valence-corrected chi connectivity index (χ1v) is 5.97. The van der Waals surface area contributed by atoms with Crippen molar-refractivity contribution < 1.29 is 4.39 Å². The van der Waals surface area contributed by atoms with Gasteiger partial charge in [-0.3, -0.25) is 0 Å². The van der Waals surface area contributed by atoms with Crippen LogP contribution in [-0.2, 0) is 0 Å². The van der Waals surface area contributed by atoms with E-state index in [0.29, 0.717) is 5.92 Å². The van der Waals surface area contributed by atoms with Crippen LogP contribution in [0.2, 0.25) is 0 Å². The van der Waals surface area contributed by atoms with Crippen molar-refractivity contribution in [1.29, 1.82) is 0 Å². The van der Waals surface area contributed by atoms with Gasteiger partial charge in [0, 0.05) is 0 Å². The smallest absolute Gasteiger partial charge is 0.100 e. The zero-order valence-corrected chi connectivity index (χ0v) is 10.1. The predicted molar refractivity (Wildman–Crippen MR) is 59.8 cm³/mol. The minimum Gasteiger partial charge on any atom is -0.247 e. The first-order valence-electron chi connectivity index (χ1n) is 5.97. The average Bonchev–Trinajstić information content (AvgIpc) is 2.59. The van der Waals surface area contributed by atoms with Crippen LogP contribution in [0.5, 0.6) is 0 Å². The number of halogens is 1. The lowest BCUT2D eigenvalue weighted by Gasteiger charge is -2.03. The van der Waals surface area contributed by atoms with Gasteiger partial charge in [0.1, 0.15) is 6.17 Å². The SMILES string of the molecule is CC.CC.CCCC1CCC(F)C1. The van der Waals surface area contributed by atoms with E-state index < -0.39 is 6.17 Å². The van der Waals surface area contributed by atoms with Crippen molar-refractivity contribution in [2.45, 2.75) is 72.9 Å². The fourth-order valence-electron chi connectivity index (χ4n) is 1.68. The molecule has 1 heteroatoms. The molecule has 0 saturated heterocycles. The highest BCUT2D eigenvalue weighted by atomic mass is 19.1. The Morgan fingerprint density at radius 2 is 1.62 bits per heavy atom. The van der Waals surface area contributed by atoms with Crippen molar-refractivity contribution in [3.63, 3.8) is 0 Å². The third-order valence-corrected chi connectivity index (χ3v) is 2.17. The van der Waals surface area contributed by atoms with E-state index in [4.69, 9.17) is 0 Å². The van der Waals surface area contributed by atoms with Gasteiger partial charge in [0.2, 0.25) is 0 Å². The summed E-state index contributed by atoms with van der Waals surface area (Å²) in [4.78, 5) is 0. The summed E-state index contributed by atoms with van der Waals surface area (Å²) in [6, 6.07) is 0. The third-order valence-electron chi connectivity index (χ3n) is 2.17. The maximum Gasteiger partial charge on any atom is 0.100 e. The second kappa shape index (κ2) is 11.9. The second-order valence-corrected chi connectivity index (χ2v) is 3.07. The first kappa shape index (κ1) is 15.4. The predicted octanol–water partition coefficient (Wildman–Crippen LogP) is 4.98. The Bertz CT molecular complexity index is 79.2. The second-order valence-electron chi connectivity index (χ2n) is 3.07. The van der Waals surface area contributed by atoms with E-state index >= 15 is 0 Å². The lowest BCUT2D eigenvalue weighted by molar-refractivity contribution is 0.327. The topological polar surface area (TPSA) is 0 Å². The van der Waals surface area contributed by atoms with E-state index in [9.17, 15) is 4.39 Å². The Morgan fingerprint density at radius 1 is 1.08 bits per heavy atom. The fraction of sp³-hybridized carbons (Fsp3) is 1.00. The average molecular weight is 190 g/mol. The van der Waals surface area contributed by atoms with Crippen molar-refractivity contribution >= 4 is 0 Å². The summed E-state index contributed by atoms with van der Waals surface area (Å²) in [6.07, 6.45) is 4.78. The van der Waals surface area contributed by atoms with Gasteiger partial charge in [-0.2, -0.15) is 0 Å². The molecule has 0 aliphatic heterocycles. The summed E-state index contributed by atoms with van der Waals surface area (Å²) in [7, 11) is 0. The van der Waals surface area contributed by atoms with Gasteiger partial charge in [0.15, 0.2) is 0 Å². The number of rotatable bonds is 2. The molecule has 1 saturated carbocycles. The van der Waals surface area contributed by atoms with Gasteiger partial charge >= 0.3 is 0 Å². The summed E-state index contributed by atoms with van der Waals surface area (Å²) in [5.41, 5.74) is 0. The summed E-state index contributed by atoms with van der Waals surface area (Å²) < 4.78 is 12.5. The summed E-state index contributed by atoms with van der Waals surface area (Å²) in [5, 5.41) is 0. The van der Waals surface area contributed by atoms with Gasteiger partial charge in [0.05, 0.1) is 0 Å². The summed E-state index contributed by atoms with van der Waals surface area (Å²) >= 11 is 0. The highest BCUT2D eigenvalue weighted by Gasteiger charge is 2.22. The zero-order valence-electron chi connectivity index (χ0n) is 10.1. The van der Waals surface area contributed by atoms with Crippen LogP contribution in [0.3, 0.4) is 0 Å². The minimum atomic E-state index is -0.471. The highest BCUT2D eigenvalue weighted by molar-refractivity contribution is 4.74. The maximum atomic E-state index is 12.5. The Kier molecular flexibility index (Phi) is 14.1. The molecule has 0 aromatic heterocycles. The van der Waals surface area contributed by atoms with E-state index in [0.717, 1.165) is 19.3 Å². The molecule has 2 atom stereocenters. The molecule has 2 unspecified atom stereocenters. The van der Waals surface area contributed by atoms with Crippen molar-refractivity contribution in [3.05, 3.63) is 0 Å². The molecule has 0 amide bonds. The lowest BCUT2D eigenvalue weighted by atomic mass is 10.0. The van der Waals surface area contributed by atoms with E-state index in [2.05, 4.69) is 6.92 Å². The van der Waals surface area contributed by atoms with Crippen LogP contribution in [0.25, 0.3) is 0 Å². The minimum absolute atomic E-state index is 0.471. The van der Waals surface area contributed by atoms with Crippen LogP contribution in [0.15, 0.2) is 0 Å². The molecule has 0 nitrogen and oxygen atoms in total. The van der Waals surface area contributed by atoms with Crippen LogP contribution in [-0.4, -0.2) is 6.17 Å². The molecule has 0 N–H and O–H groups in total. The van der Waals surface area contributed by atoms with Gasteiger partial charge in [0.25, 0.3) is 0 Å². The third kappa shape index (κ3) is 8.27. The van der Waals surface area contributed by atoms with E-state index in [1.807, 2.05) is 27.7 Å². The Hall–Kier alpha value is -0.0700. The van der Waals surface area contributed by atoms with Crippen LogP contribution in [0, 0.1) is 5.92 Å². The number of hydrogen-bond acceptors (Lipinski definition) is 0. The largest absolute Gasteiger partial charge is 0.247 e. The molecule has 0 aromatic carbocycles. The number of hydrogen-bond donors (Lipinski definition) is 0. The molecule has 1 aliphatic carbocycles. The normalized spacial score (nSPS) is 25.4. The van der Waals surface area contributed by atoms with E-state index in [-0.39, 0.29) is 0 Å². The van der Waals surface area contributed by atoms with Crippen LogP contribution < -0.4 is 0 Å². The molecule has 1 aliphatic rings. The molecule has 1 rings (SSSR count). The van der Waals surface area contributed by atoms with Gasteiger partial charge < -0.3 is 0 Å². The summed E-state index contributed by atoms with van der Waals surface area (Å²) in [5.74, 6) is 0.713. The molecular weight excluding hydrogens is 163 g/mol. The van der Waals surface area contributed by atoms with Crippen LogP contribution in [0.4, 0.5) is 4.39 Å². The van der Waals surface area contributed by atoms with Crippen LogP contribution >= 0.6 is 0 Å². The maximum absolute atomic E-state index is 12.5. The van der Waals surface area contributed by atoms with Crippen molar-refractivity contribution in [1.82, 2.24) is 0 Å². The molecule has 0 radical (unpaired) electrons. The fourth-order valence-corrected chi connectivity index (χ4v) is 1.68. The highest BCUT2D eigenvalue weighted by Crippen LogP contribution is 2.30. The molecule has 0 bridgehead atoms. The Labute approximate surface area is 83.9 Å². The van der Waals surface area contributed by atoms with Gasteiger partial charge in [-0.25, -0.2) is 4.39 Å². The molecule has 0 spiro atoms. The van der Waals surface area contributed by atoms with Crippen molar-refractivity contribution in [3.8, 4) is 0 Å². The monoisotopic (exact) mass is 190 g/mol. The first-order chi connectivity index (χ1) is 6.33. The van der Waals surface area contributed by atoms with Crippen molar-refractivity contribution in [2.75, 3.05) is 0 Å².